The Morgan fingerprint density at radius 1 is 0.717 bits per heavy atom. The van der Waals surface area contributed by atoms with Crippen LogP contribution in [0.15, 0.2) is 139 Å². The molecule has 46 heavy (non-hydrogen) atoms. The van der Waals surface area contributed by atoms with Gasteiger partial charge in [-0.25, -0.2) is 13.4 Å². The van der Waals surface area contributed by atoms with Crippen molar-refractivity contribution in [3.63, 3.8) is 0 Å². The summed E-state index contributed by atoms with van der Waals surface area (Å²) < 4.78 is 30.2. The average Bonchev–Trinajstić information content (AvgIpc) is 3.59. The van der Waals surface area contributed by atoms with Crippen LogP contribution < -0.4 is 0 Å². The zero-order valence-electron chi connectivity index (χ0n) is 26.4. The van der Waals surface area contributed by atoms with Gasteiger partial charge in [-0.3, -0.25) is 0 Å². The molecule has 1 N–H and O–H groups in total. The van der Waals surface area contributed by atoms with Crippen molar-refractivity contribution in [3.8, 4) is 0 Å². The largest absolute Gasteiger partial charge is 0.392 e. The number of nitrogens with zero attached hydrogens (tertiary/aromatic N) is 2. The van der Waals surface area contributed by atoms with Gasteiger partial charge in [-0.15, -0.1) is 0 Å². The molecular weight excluding hydrogens is 589 g/mol. The summed E-state index contributed by atoms with van der Waals surface area (Å²) in [5.74, 6) is 0.527. The van der Waals surface area contributed by atoms with Crippen molar-refractivity contribution in [2.45, 2.75) is 79.6 Å². The van der Waals surface area contributed by atoms with Crippen LogP contribution in [-0.2, 0) is 21.8 Å². The molecule has 1 heterocycles. The second-order valence-corrected chi connectivity index (χ2v) is 14.8. The van der Waals surface area contributed by atoms with Crippen molar-refractivity contribution in [2.24, 2.45) is 5.92 Å². The lowest BCUT2D eigenvalue weighted by Gasteiger charge is -2.38. The summed E-state index contributed by atoms with van der Waals surface area (Å²) in [4.78, 5) is 4.93. The summed E-state index contributed by atoms with van der Waals surface area (Å²) in [6.07, 6.45) is 10.7. The smallest absolute Gasteiger partial charge is 0.183 e. The Labute approximate surface area is 273 Å². The predicted molar refractivity (Wildman–Crippen MR) is 184 cm³/mol. The monoisotopic (exact) mass is 632 g/mol. The van der Waals surface area contributed by atoms with Crippen LogP contribution in [0.5, 0.6) is 0 Å². The van der Waals surface area contributed by atoms with Gasteiger partial charge in [0.2, 0.25) is 0 Å². The van der Waals surface area contributed by atoms with Crippen LogP contribution >= 0.6 is 0 Å². The lowest BCUT2D eigenvalue weighted by molar-refractivity contribution is 0.149. The molecule has 0 bridgehead atoms. The normalized spacial score (nSPS) is 15.8. The Morgan fingerprint density at radius 3 is 1.74 bits per heavy atom. The lowest BCUT2D eigenvalue weighted by Crippen LogP contribution is -2.39. The van der Waals surface area contributed by atoms with E-state index in [0.717, 1.165) is 41.6 Å². The van der Waals surface area contributed by atoms with E-state index in [1.54, 1.807) is 24.3 Å². The molecule has 6 rings (SSSR count). The minimum absolute atomic E-state index is 0.281. The Hall–Kier alpha value is -4.00. The number of aryl methyl sites for hydroxylation is 1. The van der Waals surface area contributed by atoms with E-state index in [2.05, 4.69) is 82.3 Å². The van der Waals surface area contributed by atoms with Gasteiger partial charge >= 0.3 is 0 Å². The molecule has 1 aliphatic rings. The van der Waals surface area contributed by atoms with Crippen LogP contribution in [0.4, 0.5) is 0 Å². The zero-order valence-corrected chi connectivity index (χ0v) is 27.2. The molecule has 0 radical (unpaired) electrons. The number of aliphatic hydroxyl groups excluding tert-OH is 1. The van der Waals surface area contributed by atoms with Crippen molar-refractivity contribution in [1.82, 2.24) is 9.55 Å². The van der Waals surface area contributed by atoms with E-state index in [-0.39, 0.29) is 4.90 Å². The van der Waals surface area contributed by atoms with Gasteiger partial charge in [0.25, 0.3) is 0 Å². The van der Waals surface area contributed by atoms with Crippen LogP contribution in [-0.4, -0.2) is 34.4 Å². The number of benzene rings is 4. The fraction of sp³-hybridized carbons (Fsp3) is 0.325. The fourth-order valence-electron chi connectivity index (χ4n) is 7.46. The van der Waals surface area contributed by atoms with Gasteiger partial charge in [0.1, 0.15) is 5.54 Å². The summed E-state index contributed by atoms with van der Waals surface area (Å²) >= 11 is 0. The standard InChI is InChI=1S/C40H44N2O3S/c43-38(39(29-26-32-16-6-1-7-17-32)46(44,45)37-24-14-5-15-25-37)28-27-36-30-41-31-42(36)40(33-18-8-2-9-19-33,34-20-10-3-11-21-34)35-22-12-4-13-23-35/h2-5,8-15,18-25,30-32,38-39,43H,1,6-7,16-17,26-29H2. The summed E-state index contributed by atoms with van der Waals surface area (Å²) in [6, 6.07) is 39.9. The maximum Gasteiger partial charge on any atom is 0.183 e. The number of sulfone groups is 1. The van der Waals surface area contributed by atoms with Crippen molar-refractivity contribution < 1.29 is 13.5 Å². The summed E-state index contributed by atoms with van der Waals surface area (Å²) in [5, 5.41) is 10.9. The first-order valence-electron chi connectivity index (χ1n) is 16.7. The van der Waals surface area contributed by atoms with E-state index in [1.165, 1.54) is 19.3 Å². The molecule has 4 aromatic carbocycles. The highest BCUT2D eigenvalue weighted by Gasteiger charge is 2.40. The minimum Gasteiger partial charge on any atom is -0.392 e. The Balaban J connectivity index is 1.35. The zero-order chi connectivity index (χ0) is 31.8. The van der Waals surface area contributed by atoms with Gasteiger partial charge in [-0.05, 0) is 60.4 Å². The van der Waals surface area contributed by atoms with Crippen molar-refractivity contribution in [2.75, 3.05) is 0 Å². The molecule has 5 nitrogen and oxygen atoms in total. The number of rotatable bonds is 13. The van der Waals surface area contributed by atoms with Gasteiger partial charge < -0.3 is 9.67 Å². The molecule has 1 aliphatic carbocycles. The molecule has 0 spiro atoms. The number of aromatic nitrogens is 2. The highest BCUT2D eigenvalue weighted by atomic mass is 32.2. The van der Waals surface area contributed by atoms with Crippen LogP contribution in [0.2, 0.25) is 0 Å². The highest BCUT2D eigenvalue weighted by molar-refractivity contribution is 7.92. The number of imidazole rings is 1. The third kappa shape index (κ3) is 6.60. The SMILES string of the molecule is O=S(=O)(c1ccccc1)C(CCC1CCCCC1)C(O)CCc1cncn1C(c1ccccc1)(c1ccccc1)c1ccccc1. The van der Waals surface area contributed by atoms with Gasteiger partial charge in [0.05, 0.1) is 22.6 Å². The molecule has 2 unspecified atom stereocenters. The average molecular weight is 633 g/mol. The van der Waals surface area contributed by atoms with Crippen LogP contribution in [0, 0.1) is 5.92 Å². The highest BCUT2D eigenvalue weighted by Crippen LogP contribution is 2.42. The van der Waals surface area contributed by atoms with E-state index < -0.39 is 26.7 Å². The molecule has 0 amide bonds. The second kappa shape index (κ2) is 14.6. The number of hydrogen-bond acceptors (Lipinski definition) is 4. The van der Waals surface area contributed by atoms with E-state index in [0.29, 0.717) is 25.2 Å². The molecule has 0 saturated heterocycles. The van der Waals surface area contributed by atoms with Crippen molar-refractivity contribution in [3.05, 3.63) is 156 Å². The Morgan fingerprint density at radius 2 is 1.22 bits per heavy atom. The molecule has 238 valence electrons. The van der Waals surface area contributed by atoms with Gasteiger partial charge in [-0.2, -0.15) is 0 Å². The molecule has 5 aromatic rings. The Kier molecular flexibility index (Phi) is 10.2. The van der Waals surface area contributed by atoms with Crippen molar-refractivity contribution >= 4 is 9.84 Å². The van der Waals surface area contributed by atoms with E-state index in [1.807, 2.05) is 36.8 Å². The van der Waals surface area contributed by atoms with Crippen LogP contribution in [0.3, 0.4) is 0 Å². The molecule has 1 saturated carbocycles. The Bertz CT molecular complexity index is 1650. The molecular formula is C40H44N2O3S. The first-order valence-corrected chi connectivity index (χ1v) is 18.2. The number of hydrogen-bond donors (Lipinski definition) is 1. The molecule has 6 heteroatoms. The van der Waals surface area contributed by atoms with Crippen LogP contribution in [0.25, 0.3) is 0 Å². The number of aliphatic hydroxyl groups is 1. The van der Waals surface area contributed by atoms with Crippen molar-refractivity contribution in [1.29, 1.82) is 0 Å². The van der Waals surface area contributed by atoms with E-state index in [4.69, 9.17) is 0 Å². The summed E-state index contributed by atoms with van der Waals surface area (Å²) in [6.45, 7) is 0. The maximum atomic E-state index is 14.0. The van der Waals surface area contributed by atoms with Gasteiger partial charge in [-0.1, -0.05) is 141 Å². The minimum atomic E-state index is -3.73. The molecule has 1 fully saturated rings. The lowest BCUT2D eigenvalue weighted by atomic mass is 9.76. The molecule has 2 atom stereocenters. The third-order valence-electron chi connectivity index (χ3n) is 9.83. The first-order chi connectivity index (χ1) is 22.5. The quantitative estimate of drug-likeness (QED) is 0.133. The first kappa shape index (κ1) is 32.0. The van der Waals surface area contributed by atoms with E-state index >= 15 is 0 Å². The summed E-state index contributed by atoms with van der Waals surface area (Å²) in [7, 11) is -3.73. The van der Waals surface area contributed by atoms with Gasteiger partial charge in [0.15, 0.2) is 9.84 Å². The maximum absolute atomic E-state index is 14.0. The van der Waals surface area contributed by atoms with Crippen LogP contribution in [0.1, 0.15) is 73.8 Å². The van der Waals surface area contributed by atoms with E-state index in [9.17, 15) is 13.5 Å². The predicted octanol–water partition coefficient (Wildman–Crippen LogP) is 8.22. The second-order valence-electron chi connectivity index (χ2n) is 12.6. The molecule has 1 aromatic heterocycles. The third-order valence-corrected chi connectivity index (χ3v) is 12.1. The summed E-state index contributed by atoms with van der Waals surface area (Å²) in [5.41, 5.74) is 3.47. The molecule has 0 aliphatic heterocycles. The topological polar surface area (TPSA) is 72.2 Å². The van der Waals surface area contributed by atoms with Gasteiger partial charge in [0, 0.05) is 11.9 Å². The fourth-order valence-corrected chi connectivity index (χ4v) is 9.34.